The van der Waals surface area contributed by atoms with Gasteiger partial charge in [0.15, 0.2) is 0 Å². The van der Waals surface area contributed by atoms with Crippen LogP contribution in [0.2, 0.25) is 0 Å². The van der Waals surface area contributed by atoms with Gasteiger partial charge in [0.1, 0.15) is 0 Å². The number of halogens is 1. The van der Waals surface area contributed by atoms with Crippen LogP contribution in [0.1, 0.15) is 29.9 Å². The van der Waals surface area contributed by atoms with Gasteiger partial charge in [-0.3, -0.25) is 0 Å². The molecule has 20 heavy (non-hydrogen) atoms. The van der Waals surface area contributed by atoms with Crippen LogP contribution in [-0.4, -0.2) is 12.6 Å². The lowest BCUT2D eigenvalue weighted by molar-refractivity contribution is 0.577. The van der Waals surface area contributed by atoms with Crippen molar-refractivity contribution >= 4 is 22.6 Å². The summed E-state index contributed by atoms with van der Waals surface area (Å²) in [6.45, 7) is 1.08. The van der Waals surface area contributed by atoms with E-state index in [0.717, 1.165) is 19.0 Å². The van der Waals surface area contributed by atoms with E-state index in [2.05, 4.69) is 82.5 Å². The molecule has 0 amide bonds. The average molecular weight is 377 g/mol. The van der Waals surface area contributed by atoms with Crippen molar-refractivity contribution in [2.24, 2.45) is 0 Å². The molecule has 1 N–H and O–H groups in total. The Hall–Kier alpha value is -0.870. The quantitative estimate of drug-likeness (QED) is 0.738. The number of benzene rings is 2. The minimum atomic E-state index is 0.567. The number of nitrogens with one attached hydrogen (secondary N) is 1. The van der Waals surface area contributed by atoms with Gasteiger partial charge >= 0.3 is 0 Å². The molecule has 1 fully saturated rings. The molecule has 0 bridgehead atoms. The van der Waals surface area contributed by atoms with Crippen LogP contribution in [0.4, 0.5) is 0 Å². The van der Waals surface area contributed by atoms with Crippen molar-refractivity contribution in [2.45, 2.75) is 31.2 Å². The highest BCUT2D eigenvalue weighted by atomic mass is 127. The first-order valence-corrected chi connectivity index (χ1v) is 8.42. The van der Waals surface area contributed by atoms with Gasteiger partial charge in [0.25, 0.3) is 0 Å². The van der Waals surface area contributed by atoms with Crippen molar-refractivity contribution in [1.82, 2.24) is 5.32 Å². The van der Waals surface area contributed by atoms with Gasteiger partial charge in [0, 0.05) is 22.1 Å². The summed E-state index contributed by atoms with van der Waals surface area (Å²) in [4.78, 5) is 0. The molecule has 1 unspecified atom stereocenters. The molecular formula is C18H20IN. The van der Waals surface area contributed by atoms with Gasteiger partial charge in [0.05, 0.1) is 0 Å². The minimum Gasteiger partial charge on any atom is -0.313 e. The Morgan fingerprint density at radius 3 is 2.35 bits per heavy atom. The SMILES string of the molecule is Ic1ccc(CC(CNC2CC2)c2ccccc2)cc1. The highest BCUT2D eigenvalue weighted by molar-refractivity contribution is 14.1. The van der Waals surface area contributed by atoms with Crippen molar-refractivity contribution in [2.75, 3.05) is 6.54 Å². The van der Waals surface area contributed by atoms with Gasteiger partial charge in [-0.25, -0.2) is 0 Å². The van der Waals surface area contributed by atoms with E-state index in [1.807, 2.05) is 0 Å². The highest BCUT2D eigenvalue weighted by Gasteiger charge is 2.22. The summed E-state index contributed by atoms with van der Waals surface area (Å²) in [6.07, 6.45) is 3.82. The maximum Gasteiger partial charge on any atom is 0.0130 e. The van der Waals surface area contributed by atoms with E-state index in [-0.39, 0.29) is 0 Å². The molecule has 2 aromatic rings. The van der Waals surface area contributed by atoms with Gasteiger partial charge < -0.3 is 5.32 Å². The Labute approximate surface area is 134 Å². The molecule has 0 heterocycles. The van der Waals surface area contributed by atoms with Crippen LogP contribution >= 0.6 is 22.6 Å². The molecule has 2 heteroatoms. The third-order valence-electron chi connectivity index (χ3n) is 3.90. The molecule has 1 saturated carbocycles. The second-order valence-electron chi connectivity index (χ2n) is 5.62. The largest absolute Gasteiger partial charge is 0.313 e. The molecule has 0 aliphatic heterocycles. The molecule has 1 aliphatic carbocycles. The molecule has 0 radical (unpaired) electrons. The molecule has 1 aliphatic rings. The van der Waals surface area contributed by atoms with Gasteiger partial charge in [-0.2, -0.15) is 0 Å². The van der Waals surface area contributed by atoms with Gasteiger partial charge in [-0.15, -0.1) is 0 Å². The molecule has 3 rings (SSSR count). The Morgan fingerprint density at radius 2 is 1.70 bits per heavy atom. The average Bonchev–Trinajstić information content (AvgIpc) is 3.31. The molecule has 104 valence electrons. The standard InChI is InChI=1S/C18H20IN/c19-17-8-6-14(7-9-17)12-16(13-20-18-10-11-18)15-4-2-1-3-5-15/h1-9,16,18,20H,10-13H2. The molecular weight excluding hydrogens is 357 g/mol. The first-order chi connectivity index (χ1) is 9.81. The van der Waals surface area contributed by atoms with Gasteiger partial charge in [-0.05, 0) is 65.1 Å². The number of hydrogen-bond donors (Lipinski definition) is 1. The summed E-state index contributed by atoms with van der Waals surface area (Å²) in [5.74, 6) is 0.567. The molecule has 1 nitrogen and oxygen atoms in total. The van der Waals surface area contributed by atoms with Gasteiger partial charge in [-0.1, -0.05) is 42.5 Å². The van der Waals surface area contributed by atoms with Crippen molar-refractivity contribution in [3.63, 3.8) is 0 Å². The zero-order chi connectivity index (χ0) is 13.8. The van der Waals surface area contributed by atoms with E-state index in [1.165, 1.54) is 27.5 Å². The summed E-state index contributed by atoms with van der Waals surface area (Å²) in [5, 5.41) is 3.69. The summed E-state index contributed by atoms with van der Waals surface area (Å²) in [6, 6.07) is 20.6. The predicted octanol–water partition coefficient (Wildman–Crippen LogP) is 4.37. The smallest absolute Gasteiger partial charge is 0.0130 e. The van der Waals surface area contributed by atoms with Crippen molar-refractivity contribution in [3.05, 3.63) is 69.3 Å². The summed E-state index contributed by atoms with van der Waals surface area (Å²) >= 11 is 2.36. The van der Waals surface area contributed by atoms with Crippen molar-refractivity contribution in [1.29, 1.82) is 0 Å². The van der Waals surface area contributed by atoms with Crippen LogP contribution in [0.5, 0.6) is 0 Å². The van der Waals surface area contributed by atoms with E-state index in [9.17, 15) is 0 Å². The second kappa shape index (κ2) is 6.72. The highest BCUT2D eigenvalue weighted by Crippen LogP contribution is 2.24. The Bertz CT molecular complexity index is 531. The first kappa shape index (κ1) is 14.1. The fraction of sp³-hybridized carbons (Fsp3) is 0.333. The van der Waals surface area contributed by atoms with E-state index in [1.54, 1.807) is 0 Å². The van der Waals surface area contributed by atoms with Crippen LogP contribution < -0.4 is 5.32 Å². The fourth-order valence-electron chi connectivity index (χ4n) is 2.53. The molecule has 0 spiro atoms. The summed E-state index contributed by atoms with van der Waals surface area (Å²) < 4.78 is 1.30. The van der Waals surface area contributed by atoms with Crippen LogP contribution in [0, 0.1) is 3.57 Å². The second-order valence-corrected chi connectivity index (χ2v) is 6.87. The number of hydrogen-bond acceptors (Lipinski definition) is 1. The molecule has 1 atom stereocenters. The first-order valence-electron chi connectivity index (χ1n) is 7.34. The lowest BCUT2D eigenvalue weighted by Gasteiger charge is -2.18. The fourth-order valence-corrected chi connectivity index (χ4v) is 2.89. The normalized spacial score (nSPS) is 16.1. The maximum absolute atomic E-state index is 3.69. The minimum absolute atomic E-state index is 0.567. The van der Waals surface area contributed by atoms with Crippen LogP contribution in [0.25, 0.3) is 0 Å². The topological polar surface area (TPSA) is 12.0 Å². The van der Waals surface area contributed by atoms with Gasteiger partial charge in [0.2, 0.25) is 0 Å². The zero-order valence-electron chi connectivity index (χ0n) is 11.6. The Kier molecular flexibility index (Phi) is 4.73. The Morgan fingerprint density at radius 1 is 1.00 bits per heavy atom. The van der Waals surface area contributed by atoms with Crippen molar-refractivity contribution < 1.29 is 0 Å². The van der Waals surface area contributed by atoms with E-state index < -0.39 is 0 Å². The summed E-state index contributed by atoms with van der Waals surface area (Å²) in [7, 11) is 0. The molecule has 0 aromatic heterocycles. The van der Waals surface area contributed by atoms with Crippen LogP contribution in [0.15, 0.2) is 54.6 Å². The third kappa shape index (κ3) is 4.06. The molecule has 2 aromatic carbocycles. The predicted molar refractivity (Wildman–Crippen MR) is 93.1 cm³/mol. The monoisotopic (exact) mass is 377 g/mol. The van der Waals surface area contributed by atoms with E-state index in [0.29, 0.717) is 5.92 Å². The summed E-state index contributed by atoms with van der Waals surface area (Å²) in [5.41, 5.74) is 2.87. The third-order valence-corrected chi connectivity index (χ3v) is 4.62. The number of rotatable bonds is 6. The lowest BCUT2D eigenvalue weighted by Crippen LogP contribution is -2.24. The van der Waals surface area contributed by atoms with E-state index in [4.69, 9.17) is 0 Å². The van der Waals surface area contributed by atoms with Crippen molar-refractivity contribution in [3.8, 4) is 0 Å². The maximum atomic E-state index is 3.69. The zero-order valence-corrected chi connectivity index (χ0v) is 13.7. The van der Waals surface area contributed by atoms with Crippen LogP contribution in [-0.2, 0) is 6.42 Å². The van der Waals surface area contributed by atoms with Crippen LogP contribution in [0.3, 0.4) is 0 Å². The molecule has 0 saturated heterocycles. The lowest BCUT2D eigenvalue weighted by atomic mass is 9.92. The van der Waals surface area contributed by atoms with E-state index >= 15 is 0 Å². The Balaban J connectivity index is 1.72.